The summed E-state index contributed by atoms with van der Waals surface area (Å²) in [6, 6.07) is 11.2. The molecule has 1 unspecified atom stereocenters. The molecule has 33 heavy (non-hydrogen) atoms. The van der Waals surface area contributed by atoms with Gasteiger partial charge in [0.15, 0.2) is 0 Å². The number of hydrogen-bond acceptors (Lipinski definition) is 8. The summed E-state index contributed by atoms with van der Waals surface area (Å²) >= 11 is 1.05. The molecule has 3 N–H and O–H groups in total. The van der Waals surface area contributed by atoms with Crippen LogP contribution in [-0.2, 0) is 15.8 Å². The lowest BCUT2D eigenvalue weighted by molar-refractivity contribution is -0.117. The van der Waals surface area contributed by atoms with Gasteiger partial charge < -0.3 is 20.3 Å². The summed E-state index contributed by atoms with van der Waals surface area (Å²) in [4.78, 5) is 18.9. The number of rotatable bonds is 7. The molecule has 0 radical (unpaired) electrons. The first-order chi connectivity index (χ1) is 15.6. The lowest BCUT2D eigenvalue weighted by atomic mass is 10.0. The molecule has 10 heteroatoms. The maximum atomic E-state index is 12.6. The molecule has 172 valence electrons. The van der Waals surface area contributed by atoms with Gasteiger partial charge in [-0.1, -0.05) is 36.9 Å². The van der Waals surface area contributed by atoms with Crippen molar-refractivity contribution in [3.63, 3.8) is 0 Å². The zero-order chi connectivity index (χ0) is 24.3. The molecule has 3 rings (SSSR count). The summed E-state index contributed by atoms with van der Waals surface area (Å²) in [5, 5.41) is 29.8. The highest BCUT2D eigenvalue weighted by Crippen LogP contribution is 2.41. The summed E-state index contributed by atoms with van der Waals surface area (Å²) in [5.74, 6) is -0.221. The van der Waals surface area contributed by atoms with Crippen LogP contribution in [0.5, 0.6) is 0 Å². The van der Waals surface area contributed by atoms with Gasteiger partial charge >= 0.3 is 0 Å². The fourth-order valence-electron chi connectivity index (χ4n) is 3.86. The van der Waals surface area contributed by atoms with E-state index in [2.05, 4.69) is 17.1 Å². The Morgan fingerprint density at radius 2 is 2.06 bits per heavy atom. The van der Waals surface area contributed by atoms with Crippen LogP contribution in [0, 0.1) is 22.7 Å². The highest BCUT2D eigenvalue weighted by atomic mass is 32.2. The molecular formula is C23H26N5O3PS. The molecule has 1 saturated heterocycles. The first kappa shape index (κ1) is 24.8. The van der Waals surface area contributed by atoms with Crippen molar-refractivity contribution in [3.8, 4) is 12.1 Å². The second-order valence-electron chi connectivity index (χ2n) is 8.28. The van der Waals surface area contributed by atoms with Gasteiger partial charge in [0.25, 0.3) is 0 Å². The molecule has 1 fully saturated rings. The number of aromatic nitrogens is 1. The summed E-state index contributed by atoms with van der Waals surface area (Å²) in [5.41, 5.74) is 7.41. The van der Waals surface area contributed by atoms with Crippen molar-refractivity contribution in [2.75, 3.05) is 31.3 Å². The predicted octanol–water partition coefficient (Wildman–Crippen LogP) is 2.53. The van der Waals surface area contributed by atoms with Gasteiger partial charge in [0.2, 0.25) is 5.91 Å². The van der Waals surface area contributed by atoms with Crippen LogP contribution in [0.15, 0.2) is 29.3 Å². The number of carbonyl (C=O) groups is 1. The van der Waals surface area contributed by atoms with Crippen LogP contribution >= 0.6 is 18.9 Å². The lowest BCUT2D eigenvalue weighted by Gasteiger charge is -2.23. The fraction of sp³-hybridized carbons (Fsp3) is 0.391. The number of anilines is 1. The molecule has 2 aromatic rings. The molecule has 2 heterocycles. The van der Waals surface area contributed by atoms with Crippen LogP contribution in [0.25, 0.3) is 0 Å². The summed E-state index contributed by atoms with van der Waals surface area (Å²) in [6.07, 6.45) is 0.466. The van der Waals surface area contributed by atoms with Gasteiger partial charge in [0.1, 0.15) is 35.4 Å². The fourth-order valence-corrected chi connectivity index (χ4v) is 5.81. The molecule has 1 aromatic carbocycles. The molecule has 8 nitrogen and oxygen atoms in total. The van der Waals surface area contributed by atoms with E-state index in [1.807, 2.05) is 11.8 Å². The summed E-state index contributed by atoms with van der Waals surface area (Å²) in [6.45, 7) is 6.02. The number of thioether (sulfide) groups is 1. The highest BCUT2D eigenvalue weighted by molar-refractivity contribution is 8.00. The van der Waals surface area contributed by atoms with Crippen molar-refractivity contribution >= 4 is 35.9 Å². The molecule has 2 atom stereocenters. The standard InChI is InChI=1S/C23H26N5O3PS/c1-4-17-18(11-24)22(28-9-8-15(29)13-28)27-23(19(17)12-25)33-20(21(26)30)14-6-5-7-16(10-14)32(2,3)31/h5-7,10,15,20,29H,4,8-9,13H2,1-3H3,(H2,26,30)/t15-,20?/m0/s1. The van der Waals surface area contributed by atoms with Crippen LogP contribution in [0.2, 0.25) is 0 Å². The highest BCUT2D eigenvalue weighted by Gasteiger charge is 2.30. The first-order valence-electron chi connectivity index (χ1n) is 10.5. The summed E-state index contributed by atoms with van der Waals surface area (Å²) < 4.78 is 12.6. The van der Waals surface area contributed by atoms with Crippen LogP contribution in [0.3, 0.4) is 0 Å². The smallest absolute Gasteiger partial charge is 0.235 e. The topological polar surface area (TPSA) is 144 Å². The van der Waals surface area contributed by atoms with Crippen LogP contribution in [0.1, 0.15) is 40.8 Å². The van der Waals surface area contributed by atoms with E-state index in [1.54, 1.807) is 37.6 Å². The average Bonchev–Trinajstić information content (AvgIpc) is 3.21. The number of aliphatic hydroxyl groups is 1. The Morgan fingerprint density at radius 3 is 2.58 bits per heavy atom. The summed E-state index contributed by atoms with van der Waals surface area (Å²) in [7, 11) is -2.56. The molecule has 1 aliphatic rings. The van der Waals surface area contributed by atoms with Gasteiger partial charge in [-0.05, 0) is 43.4 Å². The minimum absolute atomic E-state index is 0.238. The lowest BCUT2D eigenvalue weighted by Crippen LogP contribution is -2.25. The molecule has 0 aliphatic carbocycles. The van der Waals surface area contributed by atoms with Gasteiger partial charge in [-0.15, -0.1) is 0 Å². The van der Waals surface area contributed by atoms with Crippen molar-refractivity contribution in [1.29, 1.82) is 10.5 Å². The van der Waals surface area contributed by atoms with Crippen molar-refractivity contribution in [3.05, 3.63) is 46.5 Å². The number of β-amino-alcohol motifs (C(OH)–C–C–N with tert-alkyl or cyclic N) is 1. The van der Waals surface area contributed by atoms with Gasteiger partial charge in [-0.3, -0.25) is 4.79 Å². The van der Waals surface area contributed by atoms with Crippen LogP contribution in [-0.4, -0.2) is 48.5 Å². The maximum Gasteiger partial charge on any atom is 0.235 e. The van der Waals surface area contributed by atoms with E-state index >= 15 is 0 Å². The number of primary amides is 1. The van der Waals surface area contributed by atoms with Crippen LogP contribution in [0.4, 0.5) is 5.82 Å². The Kier molecular flexibility index (Phi) is 7.49. The molecule has 1 amide bonds. The largest absolute Gasteiger partial charge is 0.391 e. The van der Waals surface area contributed by atoms with E-state index in [0.717, 1.165) is 11.8 Å². The van der Waals surface area contributed by atoms with E-state index in [1.165, 1.54) is 0 Å². The average molecular weight is 484 g/mol. The van der Waals surface area contributed by atoms with E-state index in [0.29, 0.717) is 58.8 Å². The Morgan fingerprint density at radius 1 is 1.36 bits per heavy atom. The monoisotopic (exact) mass is 483 g/mol. The molecule has 0 saturated carbocycles. The third kappa shape index (κ3) is 5.23. The van der Waals surface area contributed by atoms with Gasteiger partial charge in [-0.2, -0.15) is 10.5 Å². The Balaban J connectivity index is 2.14. The maximum absolute atomic E-state index is 12.6. The predicted molar refractivity (Wildman–Crippen MR) is 129 cm³/mol. The Labute approximate surface area is 197 Å². The number of aliphatic hydroxyl groups excluding tert-OH is 1. The first-order valence-corrected chi connectivity index (χ1v) is 14.0. The second-order valence-corrected chi connectivity index (χ2v) is 12.6. The van der Waals surface area contributed by atoms with E-state index in [4.69, 9.17) is 5.73 Å². The minimum Gasteiger partial charge on any atom is -0.391 e. The van der Waals surface area contributed by atoms with Gasteiger partial charge in [0, 0.05) is 18.4 Å². The minimum atomic E-state index is -2.56. The van der Waals surface area contributed by atoms with Crippen molar-refractivity contribution in [2.24, 2.45) is 5.73 Å². The van der Waals surface area contributed by atoms with E-state index in [9.17, 15) is 25.0 Å². The molecular weight excluding hydrogens is 457 g/mol. The number of carbonyl (C=O) groups excluding carboxylic acids is 1. The number of amides is 1. The Bertz CT molecular complexity index is 1210. The van der Waals surface area contributed by atoms with Crippen LogP contribution < -0.4 is 15.9 Å². The number of benzene rings is 1. The quantitative estimate of drug-likeness (QED) is 0.452. The molecule has 1 aromatic heterocycles. The zero-order valence-electron chi connectivity index (χ0n) is 18.8. The second kappa shape index (κ2) is 9.97. The van der Waals surface area contributed by atoms with Gasteiger partial charge in [-0.25, -0.2) is 4.98 Å². The number of hydrogen-bond donors (Lipinski definition) is 2. The SMILES string of the molecule is CCc1c(C#N)c(SC(C(N)=O)c2cccc(P(C)(C)=O)c2)nc(N2CC[C@H](O)C2)c1C#N. The van der Waals surface area contributed by atoms with E-state index < -0.39 is 24.4 Å². The number of nitrogens with two attached hydrogens (primary N) is 1. The van der Waals surface area contributed by atoms with E-state index in [-0.39, 0.29) is 5.56 Å². The van der Waals surface area contributed by atoms with Crippen molar-refractivity contribution < 1.29 is 14.5 Å². The molecule has 0 spiro atoms. The zero-order valence-corrected chi connectivity index (χ0v) is 20.5. The van der Waals surface area contributed by atoms with Crippen molar-refractivity contribution in [1.82, 2.24) is 4.98 Å². The van der Waals surface area contributed by atoms with Gasteiger partial charge in [0.05, 0.1) is 17.2 Å². The number of pyridine rings is 1. The number of nitriles is 2. The Hall–Kier alpha value is -2.84. The third-order valence-corrected chi connectivity index (χ3v) is 8.35. The normalized spacial score (nSPS) is 16.8. The molecule has 0 bridgehead atoms. The number of nitrogens with zero attached hydrogens (tertiary/aromatic N) is 4. The molecule has 1 aliphatic heterocycles. The third-order valence-electron chi connectivity index (χ3n) is 5.57. The van der Waals surface area contributed by atoms with Crippen molar-refractivity contribution in [2.45, 2.75) is 36.1 Å².